The van der Waals surface area contributed by atoms with Crippen LogP contribution in [0.4, 0.5) is 4.39 Å². The van der Waals surface area contributed by atoms with E-state index in [9.17, 15) is 14.3 Å². The molecule has 1 saturated carbocycles. The Morgan fingerprint density at radius 1 is 1.50 bits per heavy atom. The third-order valence-corrected chi connectivity index (χ3v) is 4.02. The van der Waals surface area contributed by atoms with Crippen molar-refractivity contribution < 1.29 is 18.7 Å². The zero-order valence-corrected chi connectivity index (χ0v) is 11.2. The van der Waals surface area contributed by atoms with Gasteiger partial charge in [-0.2, -0.15) is 0 Å². The van der Waals surface area contributed by atoms with Crippen molar-refractivity contribution in [2.45, 2.75) is 19.8 Å². The van der Waals surface area contributed by atoms with Crippen LogP contribution in [0.3, 0.4) is 0 Å². The topological polar surface area (TPSA) is 62.5 Å². The summed E-state index contributed by atoms with van der Waals surface area (Å²) in [7, 11) is 0. The van der Waals surface area contributed by atoms with Gasteiger partial charge >= 0.3 is 0 Å². The van der Waals surface area contributed by atoms with Gasteiger partial charge in [0.25, 0.3) is 5.91 Å². The Kier molecular flexibility index (Phi) is 3.01. The normalized spacial score (nSPS) is 16.4. The van der Waals surface area contributed by atoms with E-state index in [0.29, 0.717) is 23.1 Å². The molecule has 106 valence electrons. The van der Waals surface area contributed by atoms with Gasteiger partial charge in [0.2, 0.25) is 0 Å². The highest BCUT2D eigenvalue weighted by atomic mass is 19.1. The second-order valence-corrected chi connectivity index (χ2v) is 5.54. The zero-order chi connectivity index (χ0) is 14.3. The van der Waals surface area contributed by atoms with Gasteiger partial charge in [0.15, 0.2) is 5.76 Å². The minimum absolute atomic E-state index is 0.0810. The van der Waals surface area contributed by atoms with Crippen molar-refractivity contribution in [1.82, 2.24) is 5.32 Å². The van der Waals surface area contributed by atoms with Gasteiger partial charge in [-0.15, -0.1) is 0 Å². The van der Waals surface area contributed by atoms with Crippen LogP contribution in [0.2, 0.25) is 0 Å². The fraction of sp³-hybridized carbons (Fsp3) is 0.400. The van der Waals surface area contributed by atoms with Gasteiger partial charge in [-0.3, -0.25) is 4.79 Å². The van der Waals surface area contributed by atoms with Crippen molar-refractivity contribution in [2.75, 3.05) is 13.2 Å². The molecule has 0 radical (unpaired) electrons. The summed E-state index contributed by atoms with van der Waals surface area (Å²) in [5.41, 5.74) is 0.977. The molecule has 0 bridgehead atoms. The lowest BCUT2D eigenvalue weighted by Crippen LogP contribution is -2.31. The van der Waals surface area contributed by atoms with Crippen LogP contribution in [0, 0.1) is 18.2 Å². The molecule has 0 aliphatic heterocycles. The number of hydrogen-bond donors (Lipinski definition) is 2. The summed E-state index contributed by atoms with van der Waals surface area (Å²) in [5.74, 6) is -0.469. The highest BCUT2D eigenvalue weighted by molar-refractivity contribution is 5.98. The molecular weight excluding hydrogens is 261 g/mol. The summed E-state index contributed by atoms with van der Waals surface area (Å²) >= 11 is 0. The molecule has 5 heteroatoms. The Labute approximate surface area is 115 Å². The Balaban J connectivity index is 1.82. The molecule has 20 heavy (non-hydrogen) atoms. The number of aryl methyl sites for hydroxylation is 1. The van der Waals surface area contributed by atoms with Crippen LogP contribution in [0.15, 0.2) is 22.6 Å². The highest BCUT2D eigenvalue weighted by Crippen LogP contribution is 2.44. The molecule has 2 aromatic rings. The maximum Gasteiger partial charge on any atom is 0.287 e. The first-order valence-electron chi connectivity index (χ1n) is 6.62. The maximum atomic E-state index is 13.2. The lowest BCUT2D eigenvalue weighted by Gasteiger charge is -2.11. The number of aliphatic hydroxyl groups is 1. The van der Waals surface area contributed by atoms with Crippen molar-refractivity contribution in [3.63, 3.8) is 0 Å². The van der Waals surface area contributed by atoms with E-state index < -0.39 is 0 Å². The number of amides is 1. The molecule has 1 aliphatic rings. The summed E-state index contributed by atoms with van der Waals surface area (Å²) < 4.78 is 18.7. The first-order chi connectivity index (χ1) is 9.54. The van der Waals surface area contributed by atoms with Gasteiger partial charge in [0, 0.05) is 22.9 Å². The summed E-state index contributed by atoms with van der Waals surface area (Å²) in [6.07, 6.45) is 1.85. The lowest BCUT2D eigenvalue weighted by molar-refractivity contribution is 0.0909. The molecule has 1 aromatic heterocycles. The minimum atomic E-state index is -0.356. The monoisotopic (exact) mass is 277 g/mol. The lowest BCUT2D eigenvalue weighted by atomic mass is 10.1. The highest BCUT2D eigenvalue weighted by Gasteiger charge is 2.42. The number of halogens is 1. The molecule has 1 aliphatic carbocycles. The molecule has 1 amide bonds. The second-order valence-electron chi connectivity index (χ2n) is 5.54. The maximum absolute atomic E-state index is 13.2. The van der Waals surface area contributed by atoms with Crippen LogP contribution in [-0.2, 0) is 0 Å². The SMILES string of the molecule is Cc1c(C(=O)NCC2(CO)CC2)oc2ccc(F)cc12. The standard InChI is InChI=1S/C15H16FNO3/c1-9-11-6-10(16)2-3-12(11)20-13(9)14(19)17-7-15(8-18)4-5-15/h2-3,6,18H,4-5,7-8H2,1H3,(H,17,19). The number of rotatable bonds is 4. The van der Waals surface area contributed by atoms with E-state index in [-0.39, 0.29) is 29.5 Å². The summed E-state index contributed by atoms with van der Waals surface area (Å²) in [6, 6.07) is 4.18. The fourth-order valence-corrected chi connectivity index (χ4v) is 2.33. The van der Waals surface area contributed by atoms with E-state index in [4.69, 9.17) is 4.42 Å². The van der Waals surface area contributed by atoms with Gasteiger partial charge in [-0.05, 0) is 38.0 Å². The van der Waals surface area contributed by atoms with Crippen LogP contribution in [0.25, 0.3) is 11.0 Å². The third-order valence-electron chi connectivity index (χ3n) is 4.02. The van der Waals surface area contributed by atoms with Crippen molar-refractivity contribution in [2.24, 2.45) is 5.41 Å². The first kappa shape index (κ1) is 13.1. The molecular formula is C15H16FNO3. The molecule has 0 unspecified atom stereocenters. The van der Waals surface area contributed by atoms with Gasteiger partial charge in [-0.1, -0.05) is 0 Å². The molecule has 1 heterocycles. The predicted octanol–water partition coefficient (Wildman–Crippen LogP) is 2.38. The summed E-state index contributed by atoms with van der Waals surface area (Å²) in [5, 5.41) is 12.6. The number of benzene rings is 1. The van der Waals surface area contributed by atoms with E-state index in [2.05, 4.69) is 5.32 Å². The van der Waals surface area contributed by atoms with Crippen molar-refractivity contribution in [3.05, 3.63) is 35.3 Å². The van der Waals surface area contributed by atoms with Gasteiger partial charge in [0.05, 0.1) is 6.61 Å². The smallest absolute Gasteiger partial charge is 0.287 e. The molecule has 2 N–H and O–H groups in total. The van der Waals surface area contributed by atoms with Crippen LogP contribution < -0.4 is 5.32 Å². The predicted molar refractivity (Wildman–Crippen MR) is 72.0 cm³/mol. The number of carbonyl (C=O) groups is 1. The Hall–Kier alpha value is -1.88. The number of nitrogens with one attached hydrogen (secondary N) is 1. The number of carbonyl (C=O) groups excluding carboxylic acids is 1. The second kappa shape index (κ2) is 4.59. The number of hydrogen-bond acceptors (Lipinski definition) is 3. The van der Waals surface area contributed by atoms with Crippen LogP contribution >= 0.6 is 0 Å². The molecule has 1 fully saturated rings. The van der Waals surface area contributed by atoms with Crippen molar-refractivity contribution in [3.8, 4) is 0 Å². The average Bonchev–Trinajstić information content (AvgIpc) is 3.16. The minimum Gasteiger partial charge on any atom is -0.451 e. The Bertz CT molecular complexity index is 673. The van der Waals surface area contributed by atoms with Crippen molar-refractivity contribution in [1.29, 1.82) is 0 Å². The van der Waals surface area contributed by atoms with Gasteiger partial charge in [0.1, 0.15) is 11.4 Å². The zero-order valence-electron chi connectivity index (χ0n) is 11.2. The Morgan fingerprint density at radius 3 is 2.90 bits per heavy atom. The molecule has 1 aromatic carbocycles. The van der Waals surface area contributed by atoms with Gasteiger partial charge in [-0.25, -0.2) is 4.39 Å². The van der Waals surface area contributed by atoms with Crippen LogP contribution in [-0.4, -0.2) is 24.2 Å². The van der Waals surface area contributed by atoms with E-state index in [1.807, 2.05) is 0 Å². The number of furan rings is 1. The van der Waals surface area contributed by atoms with Crippen molar-refractivity contribution >= 4 is 16.9 Å². The van der Waals surface area contributed by atoms with E-state index in [1.165, 1.54) is 18.2 Å². The molecule has 0 spiro atoms. The van der Waals surface area contributed by atoms with E-state index in [0.717, 1.165) is 12.8 Å². The third kappa shape index (κ3) is 2.18. The molecule has 3 rings (SSSR count). The number of aliphatic hydroxyl groups excluding tert-OH is 1. The summed E-state index contributed by atoms with van der Waals surface area (Å²) in [6.45, 7) is 2.25. The van der Waals surface area contributed by atoms with Crippen LogP contribution in [0.1, 0.15) is 29.0 Å². The molecule has 0 saturated heterocycles. The molecule has 0 atom stereocenters. The first-order valence-corrected chi connectivity index (χ1v) is 6.62. The average molecular weight is 277 g/mol. The van der Waals surface area contributed by atoms with E-state index >= 15 is 0 Å². The molecule has 4 nitrogen and oxygen atoms in total. The Morgan fingerprint density at radius 2 is 2.25 bits per heavy atom. The van der Waals surface area contributed by atoms with E-state index in [1.54, 1.807) is 6.92 Å². The largest absolute Gasteiger partial charge is 0.451 e. The quantitative estimate of drug-likeness (QED) is 0.902. The number of fused-ring (bicyclic) bond motifs is 1. The fourth-order valence-electron chi connectivity index (χ4n) is 2.33. The van der Waals surface area contributed by atoms with Crippen LogP contribution in [0.5, 0.6) is 0 Å². The summed E-state index contributed by atoms with van der Waals surface area (Å²) in [4.78, 5) is 12.1. The van der Waals surface area contributed by atoms with Gasteiger partial charge < -0.3 is 14.8 Å².